The average molecular weight is 324 g/mol. The Labute approximate surface area is 117 Å². The third-order valence-corrected chi connectivity index (χ3v) is 4.05. The number of aromatic carboxylic acids is 1. The van der Waals surface area contributed by atoms with Crippen molar-refractivity contribution in [2.75, 3.05) is 0 Å². The Kier molecular flexibility index (Phi) is 4.38. The van der Waals surface area contributed by atoms with Crippen molar-refractivity contribution in [3.05, 3.63) is 58.3 Å². The number of nitrogens with zero attached hydrogens (tertiary/aromatic N) is 1. The molecule has 0 bridgehead atoms. The minimum atomic E-state index is -0.925. The lowest BCUT2D eigenvalue weighted by molar-refractivity contribution is 0.0695. The van der Waals surface area contributed by atoms with E-state index >= 15 is 0 Å². The van der Waals surface area contributed by atoms with E-state index in [1.54, 1.807) is 30.1 Å². The lowest BCUT2D eigenvalue weighted by atomic mass is 10.2. The van der Waals surface area contributed by atoms with Crippen LogP contribution in [0.15, 0.2) is 52.1 Å². The van der Waals surface area contributed by atoms with Crippen LogP contribution in [0.3, 0.4) is 0 Å². The molecule has 0 fully saturated rings. The van der Waals surface area contributed by atoms with Gasteiger partial charge in [-0.15, -0.1) is 11.8 Å². The zero-order valence-corrected chi connectivity index (χ0v) is 11.7. The van der Waals surface area contributed by atoms with E-state index in [2.05, 4.69) is 20.9 Å². The van der Waals surface area contributed by atoms with Gasteiger partial charge in [-0.25, -0.2) is 4.79 Å². The summed E-state index contributed by atoms with van der Waals surface area (Å²) in [7, 11) is 0. The summed E-state index contributed by atoms with van der Waals surface area (Å²) in [5.74, 6) is -0.153. The summed E-state index contributed by atoms with van der Waals surface area (Å²) in [4.78, 5) is 16.0. The van der Waals surface area contributed by atoms with Crippen LogP contribution in [-0.4, -0.2) is 16.1 Å². The molecule has 92 valence electrons. The van der Waals surface area contributed by atoms with Crippen molar-refractivity contribution < 1.29 is 9.90 Å². The second kappa shape index (κ2) is 6.02. The molecular weight excluding hydrogens is 314 g/mol. The first-order chi connectivity index (χ1) is 8.66. The molecule has 0 aliphatic carbocycles. The quantitative estimate of drug-likeness (QED) is 0.868. The third-order valence-electron chi connectivity index (χ3n) is 2.30. The molecule has 3 nitrogen and oxygen atoms in total. The number of thioether (sulfide) groups is 1. The van der Waals surface area contributed by atoms with E-state index in [0.717, 1.165) is 16.2 Å². The highest BCUT2D eigenvalue weighted by Crippen LogP contribution is 2.27. The molecule has 2 aromatic rings. The molecule has 0 atom stereocenters. The Morgan fingerprint density at radius 1 is 1.39 bits per heavy atom. The van der Waals surface area contributed by atoms with Gasteiger partial charge >= 0.3 is 5.97 Å². The van der Waals surface area contributed by atoms with Crippen molar-refractivity contribution in [2.24, 2.45) is 0 Å². The molecule has 1 aromatic carbocycles. The van der Waals surface area contributed by atoms with E-state index in [1.165, 1.54) is 0 Å². The molecule has 18 heavy (non-hydrogen) atoms. The molecule has 0 saturated heterocycles. The highest BCUT2D eigenvalue weighted by Gasteiger charge is 2.09. The number of aromatic nitrogens is 1. The summed E-state index contributed by atoms with van der Waals surface area (Å²) in [6.45, 7) is 0. The van der Waals surface area contributed by atoms with Gasteiger partial charge in [-0.3, -0.25) is 4.98 Å². The van der Waals surface area contributed by atoms with Crippen LogP contribution in [0.5, 0.6) is 0 Å². The zero-order chi connectivity index (χ0) is 13.0. The summed E-state index contributed by atoms with van der Waals surface area (Å²) in [6.07, 6.45) is 3.54. The monoisotopic (exact) mass is 323 g/mol. The maximum absolute atomic E-state index is 11.0. The van der Waals surface area contributed by atoms with Crippen molar-refractivity contribution in [3.63, 3.8) is 0 Å². The van der Waals surface area contributed by atoms with Crippen LogP contribution in [0.25, 0.3) is 0 Å². The lowest BCUT2D eigenvalue weighted by Gasteiger charge is -2.04. The molecule has 2 rings (SSSR count). The number of carboxylic acid groups (broad SMARTS) is 1. The highest BCUT2D eigenvalue weighted by atomic mass is 79.9. The first-order valence-corrected chi connectivity index (χ1v) is 6.99. The zero-order valence-electron chi connectivity index (χ0n) is 9.34. The predicted molar refractivity (Wildman–Crippen MR) is 74.9 cm³/mol. The van der Waals surface area contributed by atoms with Gasteiger partial charge in [-0.2, -0.15) is 0 Å². The van der Waals surface area contributed by atoms with Crippen molar-refractivity contribution in [1.29, 1.82) is 0 Å². The van der Waals surface area contributed by atoms with Crippen LogP contribution in [0.1, 0.15) is 15.9 Å². The van der Waals surface area contributed by atoms with E-state index in [9.17, 15) is 4.79 Å². The number of hydrogen-bond donors (Lipinski definition) is 1. The molecular formula is C13H10BrNO2S. The van der Waals surface area contributed by atoms with E-state index in [4.69, 9.17) is 5.11 Å². The van der Waals surface area contributed by atoms with Crippen molar-refractivity contribution in [2.45, 2.75) is 10.6 Å². The van der Waals surface area contributed by atoms with E-state index in [0.29, 0.717) is 4.47 Å². The number of carboxylic acids is 1. The third kappa shape index (κ3) is 3.34. The molecule has 0 aliphatic heterocycles. The van der Waals surface area contributed by atoms with Crippen LogP contribution in [-0.2, 0) is 5.75 Å². The topological polar surface area (TPSA) is 50.2 Å². The summed E-state index contributed by atoms with van der Waals surface area (Å²) < 4.78 is 0.598. The van der Waals surface area contributed by atoms with E-state index < -0.39 is 5.97 Å². The first-order valence-electron chi connectivity index (χ1n) is 5.21. The Bertz CT molecular complexity index is 560. The number of halogens is 1. The minimum absolute atomic E-state index is 0.284. The number of pyridine rings is 1. The maximum Gasteiger partial charge on any atom is 0.336 e. The molecule has 0 saturated carbocycles. The van der Waals surface area contributed by atoms with Crippen LogP contribution in [0.2, 0.25) is 0 Å². The van der Waals surface area contributed by atoms with Gasteiger partial charge in [0.2, 0.25) is 0 Å². The Morgan fingerprint density at radius 2 is 2.22 bits per heavy atom. The molecule has 0 amide bonds. The van der Waals surface area contributed by atoms with Gasteiger partial charge in [0.05, 0.1) is 5.56 Å². The van der Waals surface area contributed by atoms with Gasteiger partial charge in [0.15, 0.2) is 0 Å². The second-order valence-corrected chi connectivity index (χ2v) is 5.50. The Balaban J connectivity index is 2.11. The molecule has 0 unspecified atom stereocenters. The molecule has 1 N–H and O–H groups in total. The van der Waals surface area contributed by atoms with E-state index in [-0.39, 0.29) is 5.56 Å². The number of benzene rings is 1. The molecule has 0 spiro atoms. The number of carbonyl (C=O) groups is 1. The molecule has 5 heteroatoms. The fraction of sp³-hybridized carbons (Fsp3) is 0.0769. The molecule has 0 radical (unpaired) electrons. The average Bonchev–Trinajstić information content (AvgIpc) is 2.38. The highest BCUT2D eigenvalue weighted by molar-refractivity contribution is 9.10. The normalized spacial score (nSPS) is 10.3. The summed E-state index contributed by atoms with van der Waals surface area (Å²) in [5, 5.41) is 9.03. The summed E-state index contributed by atoms with van der Waals surface area (Å²) in [5.41, 5.74) is 1.40. The number of rotatable bonds is 4. The SMILES string of the molecule is O=C(O)c1cc(SCc2cccnc2)ccc1Br. The van der Waals surface area contributed by atoms with Crippen LogP contribution < -0.4 is 0 Å². The van der Waals surface area contributed by atoms with Crippen molar-refractivity contribution in [1.82, 2.24) is 4.98 Å². The first kappa shape index (κ1) is 13.1. The van der Waals surface area contributed by atoms with Crippen LogP contribution >= 0.6 is 27.7 Å². The van der Waals surface area contributed by atoms with Crippen LogP contribution in [0.4, 0.5) is 0 Å². The Hall–Kier alpha value is -1.33. The van der Waals surface area contributed by atoms with Gasteiger partial charge in [0, 0.05) is 27.5 Å². The fourth-order valence-electron chi connectivity index (χ4n) is 1.41. The second-order valence-electron chi connectivity index (χ2n) is 3.60. The standard InChI is InChI=1S/C13H10BrNO2S/c14-12-4-3-10(6-11(12)13(16)17)18-8-9-2-1-5-15-7-9/h1-7H,8H2,(H,16,17). The molecule has 0 aliphatic rings. The van der Waals surface area contributed by atoms with Crippen molar-refractivity contribution in [3.8, 4) is 0 Å². The van der Waals surface area contributed by atoms with Gasteiger partial charge in [-0.1, -0.05) is 6.07 Å². The molecule has 1 aromatic heterocycles. The van der Waals surface area contributed by atoms with E-state index in [1.807, 2.05) is 24.4 Å². The van der Waals surface area contributed by atoms with Gasteiger partial charge in [0.1, 0.15) is 0 Å². The largest absolute Gasteiger partial charge is 0.478 e. The van der Waals surface area contributed by atoms with Gasteiger partial charge in [-0.05, 0) is 45.8 Å². The predicted octanol–water partition coefficient (Wildman–Crippen LogP) is 3.83. The maximum atomic E-state index is 11.0. The van der Waals surface area contributed by atoms with Crippen LogP contribution in [0, 0.1) is 0 Å². The lowest BCUT2D eigenvalue weighted by Crippen LogP contribution is -1.97. The minimum Gasteiger partial charge on any atom is -0.478 e. The van der Waals surface area contributed by atoms with Gasteiger partial charge < -0.3 is 5.11 Å². The smallest absolute Gasteiger partial charge is 0.336 e. The fourth-order valence-corrected chi connectivity index (χ4v) is 2.69. The Morgan fingerprint density at radius 3 is 2.89 bits per heavy atom. The summed E-state index contributed by atoms with van der Waals surface area (Å²) in [6, 6.07) is 9.22. The number of hydrogen-bond acceptors (Lipinski definition) is 3. The van der Waals surface area contributed by atoms with Gasteiger partial charge in [0.25, 0.3) is 0 Å². The summed E-state index contributed by atoms with van der Waals surface area (Å²) >= 11 is 4.82. The molecule has 1 heterocycles. The van der Waals surface area contributed by atoms with Crippen molar-refractivity contribution >= 4 is 33.7 Å².